The molecule has 1 aromatic rings. The summed E-state index contributed by atoms with van der Waals surface area (Å²) in [6.45, 7) is 4.97. The summed E-state index contributed by atoms with van der Waals surface area (Å²) in [7, 11) is -7.33. The molecule has 0 aromatic heterocycles. The molecule has 1 fully saturated rings. The van der Waals surface area contributed by atoms with Gasteiger partial charge in [0.1, 0.15) is 0 Å². The second-order valence-corrected chi connectivity index (χ2v) is 9.07. The van der Waals surface area contributed by atoms with Gasteiger partial charge in [0.25, 0.3) is 0 Å². The minimum absolute atomic E-state index is 0.0592. The molecule has 0 unspecified atom stereocenters. The normalized spacial score (nSPS) is 18.2. The lowest BCUT2D eigenvalue weighted by Gasteiger charge is -2.17. The van der Waals surface area contributed by atoms with Gasteiger partial charge in [0, 0.05) is 12.5 Å². The van der Waals surface area contributed by atoms with E-state index in [2.05, 4.69) is 4.72 Å². The molecule has 1 aromatic carbocycles. The van der Waals surface area contributed by atoms with Gasteiger partial charge in [-0.2, -0.15) is 0 Å². The van der Waals surface area contributed by atoms with Crippen LogP contribution in [0.3, 0.4) is 0 Å². The van der Waals surface area contributed by atoms with Gasteiger partial charge in [0.15, 0.2) is 0 Å². The Balaban J connectivity index is 2.45. The first-order valence-electron chi connectivity index (χ1n) is 6.73. The summed E-state index contributed by atoms with van der Waals surface area (Å²) >= 11 is 0. The zero-order valence-corrected chi connectivity index (χ0v) is 14.2. The minimum Gasteiger partial charge on any atom is -0.273 e. The Bertz CT molecular complexity index is 813. The Kier molecular flexibility index (Phi) is 4.33. The summed E-state index contributed by atoms with van der Waals surface area (Å²) in [6, 6.07) is 3.79. The van der Waals surface area contributed by atoms with Gasteiger partial charge in [-0.3, -0.25) is 4.79 Å². The van der Waals surface area contributed by atoms with E-state index in [1.165, 1.54) is 18.2 Å². The molecule has 0 saturated carbocycles. The van der Waals surface area contributed by atoms with Crippen LogP contribution in [0, 0.1) is 6.92 Å². The number of hydrogen-bond donors (Lipinski definition) is 1. The second kappa shape index (κ2) is 5.64. The van der Waals surface area contributed by atoms with Crippen LogP contribution in [0.2, 0.25) is 0 Å². The first-order valence-corrected chi connectivity index (χ1v) is 9.82. The maximum absolute atomic E-state index is 12.2. The van der Waals surface area contributed by atoms with Crippen LogP contribution in [0.15, 0.2) is 23.1 Å². The molecule has 122 valence electrons. The number of aryl methyl sites for hydroxylation is 1. The lowest BCUT2D eigenvalue weighted by atomic mass is 10.2. The molecule has 0 spiro atoms. The largest absolute Gasteiger partial charge is 0.273 e. The molecule has 1 heterocycles. The highest BCUT2D eigenvalue weighted by Gasteiger charge is 2.36. The maximum atomic E-state index is 12.2. The van der Waals surface area contributed by atoms with E-state index in [0.29, 0.717) is 5.56 Å². The first-order chi connectivity index (χ1) is 10.0. The van der Waals surface area contributed by atoms with Crippen molar-refractivity contribution in [3.8, 4) is 0 Å². The van der Waals surface area contributed by atoms with Crippen LogP contribution in [0.4, 0.5) is 5.69 Å². The molecular weight excluding hydrogens is 328 g/mol. The number of sulfonamides is 2. The maximum Gasteiger partial charge on any atom is 0.242 e. The first kappa shape index (κ1) is 16.9. The number of carbonyl (C=O) groups is 1. The molecule has 1 N–H and O–H groups in total. The van der Waals surface area contributed by atoms with Crippen LogP contribution in [0.5, 0.6) is 0 Å². The highest BCUT2D eigenvalue weighted by Crippen LogP contribution is 2.28. The molecule has 7 nitrogen and oxygen atoms in total. The van der Waals surface area contributed by atoms with Crippen molar-refractivity contribution in [3.63, 3.8) is 0 Å². The number of benzene rings is 1. The van der Waals surface area contributed by atoms with Gasteiger partial charge >= 0.3 is 0 Å². The summed E-state index contributed by atoms with van der Waals surface area (Å²) in [6.07, 6.45) is -0.0592. The zero-order chi connectivity index (χ0) is 16.7. The SMILES string of the molecule is Cc1cc(N2C(=O)CCS2(=O)=O)ccc1S(=O)(=O)NC(C)C. The third-order valence-electron chi connectivity index (χ3n) is 3.15. The van der Waals surface area contributed by atoms with E-state index in [1.54, 1.807) is 20.8 Å². The number of nitrogens with zero attached hydrogens (tertiary/aromatic N) is 1. The second-order valence-electron chi connectivity index (χ2n) is 5.45. The number of carbonyl (C=O) groups excluding carboxylic acids is 1. The van der Waals surface area contributed by atoms with Crippen LogP contribution < -0.4 is 9.03 Å². The Morgan fingerprint density at radius 3 is 2.36 bits per heavy atom. The topological polar surface area (TPSA) is 101 Å². The van der Waals surface area contributed by atoms with Crippen LogP contribution in [0.25, 0.3) is 0 Å². The molecule has 0 aliphatic carbocycles. The van der Waals surface area contributed by atoms with E-state index in [9.17, 15) is 21.6 Å². The molecular formula is C13H18N2O5S2. The van der Waals surface area contributed by atoms with Crippen LogP contribution in [-0.4, -0.2) is 34.5 Å². The van der Waals surface area contributed by atoms with Crippen molar-refractivity contribution in [1.29, 1.82) is 0 Å². The van der Waals surface area contributed by atoms with Crippen molar-refractivity contribution in [1.82, 2.24) is 4.72 Å². The molecule has 1 aliphatic heterocycles. The quantitative estimate of drug-likeness (QED) is 0.867. The number of nitrogens with one attached hydrogen (secondary N) is 1. The fourth-order valence-corrected chi connectivity index (χ4v) is 5.23. The van der Waals surface area contributed by atoms with E-state index in [4.69, 9.17) is 0 Å². The monoisotopic (exact) mass is 346 g/mol. The molecule has 0 atom stereocenters. The lowest BCUT2D eigenvalue weighted by molar-refractivity contribution is -0.116. The average molecular weight is 346 g/mol. The number of amides is 1. The number of anilines is 1. The van der Waals surface area contributed by atoms with Crippen molar-refractivity contribution < 1.29 is 21.6 Å². The van der Waals surface area contributed by atoms with Crippen molar-refractivity contribution in [2.24, 2.45) is 0 Å². The molecule has 1 amide bonds. The molecule has 1 saturated heterocycles. The van der Waals surface area contributed by atoms with E-state index in [0.717, 1.165) is 4.31 Å². The van der Waals surface area contributed by atoms with Crippen molar-refractivity contribution in [2.75, 3.05) is 10.1 Å². The van der Waals surface area contributed by atoms with E-state index >= 15 is 0 Å². The van der Waals surface area contributed by atoms with Gasteiger partial charge in [-0.05, 0) is 44.5 Å². The number of hydrogen-bond acceptors (Lipinski definition) is 5. The van der Waals surface area contributed by atoms with Crippen LogP contribution in [-0.2, 0) is 24.8 Å². The van der Waals surface area contributed by atoms with Crippen LogP contribution >= 0.6 is 0 Å². The van der Waals surface area contributed by atoms with Gasteiger partial charge in [-0.15, -0.1) is 0 Å². The van der Waals surface area contributed by atoms with Gasteiger partial charge < -0.3 is 0 Å². The van der Waals surface area contributed by atoms with Crippen molar-refractivity contribution in [2.45, 2.75) is 38.1 Å². The lowest BCUT2D eigenvalue weighted by Crippen LogP contribution is -2.31. The van der Waals surface area contributed by atoms with Gasteiger partial charge in [0.2, 0.25) is 26.0 Å². The molecule has 2 rings (SSSR count). The van der Waals surface area contributed by atoms with E-state index < -0.39 is 26.0 Å². The fourth-order valence-electron chi connectivity index (χ4n) is 2.30. The van der Waals surface area contributed by atoms with E-state index in [-0.39, 0.29) is 28.8 Å². The van der Waals surface area contributed by atoms with Crippen molar-refractivity contribution in [3.05, 3.63) is 23.8 Å². The molecule has 0 radical (unpaired) electrons. The standard InChI is InChI=1S/C13H18N2O5S2/c1-9(2)14-22(19,20)12-5-4-11(8-10(12)3)15-13(16)6-7-21(15,17)18/h4-5,8-9,14H,6-7H2,1-3H3. The van der Waals surface area contributed by atoms with Gasteiger partial charge in [0.05, 0.1) is 16.3 Å². The third kappa shape index (κ3) is 3.16. The summed E-state index contributed by atoms with van der Waals surface area (Å²) in [5.74, 6) is -0.727. The average Bonchev–Trinajstić information content (AvgIpc) is 2.61. The molecule has 1 aliphatic rings. The highest BCUT2D eigenvalue weighted by atomic mass is 32.2. The Morgan fingerprint density at radius 1 is 1.27 bits per heavy atom. The molecule has 22 heavy (non-hydrogen) atoms. The summed E-state index contributed by atoms with van der Waals surface area (Å²) in [5.41, 5.74) is 0.545. The van der Waals surface area contributed by atoms with Crippen LogP contribution in [0.1, 0.15) is 25.8 Å². The summed E-state index contributed by atoms with van der Waals surface area (Å²) < 4.78 is 51.3. The zero-order valence-electron chi connectivity index (χ0n) is 12.5. The predicted molar refractivity (Wildman–Crippen MR) is 82.5 cm³/mol. The van der Waals surface area contributed by atoms with E-state index in [1.807, 2.05) is 0 Å². The Morgan fingerprint density at radius 2 is 1.91 bits per heavy atom. The fraction of sp³-hybridized carbons (Fsp3) is 0.462. The smallest absolute Gasteiger partial charge is 0.242 e. The Hall–Kier alpha value is -1.45. The summed E-state index contributed by atoms with van der Waals surface area (Å²) in [4.78, 5) is 11.8. The molecule has 9 heteroatoms. The predicted octanol–water partition coefficient (Wildman–Crippen LogP) is 0.748. The highest BCUT2D eigenvalue weighted by molar-refractivity contribution is 7.94. The van der Waals surface area contributed by atoms with Gasteiger partial charge in [-0.25, -0.2) is 25.9 Å². The number of rotatable bonds is 4. The van der Waals surface area contributed by atoms with Crippen molar-refractivity contribution >= 4 is 31.6 Å². The molecule has 0 bridgehead atoms. The van der Waals surface area contributed by atoms with Gasteiger partial charge in [-0.1, -0.05) is 0 Å². The summed E-state index contributed by atoms with van der Waals surface area (Å²) in [5, 5.41) is 0. The minimum atomic E-state index is -3.68. The Labute approximate surface area is 130 Å². The third-order valence-corrected chi connectivity index (χ3v) is 6.66.